The second kappa shape index (κ2) is 5.61. The molecule has 0 spiro atoms. The molecular weight excluding hydrogens is 254 g/mol. The Kier molecular flexibility index (Phi) is 4.74. The Balaban J connectivity index is 2.76. The first kappa shape index (κ1) is 11.0. The maximum atomic E-state index is 13.0. The predicted octanol–water partition coefficient (Wildman–Crippen LogP) is 3.89. The minimum Gasteiger partial charge on any atom is -0.207 e. The molecule has 1 aromatic rings. The SMILES string of the molecule is Fc1cc(CCl)cc(CCCBr)c1. The van der Waals surface area contributed by atoms with Crippen LogP contribution in [0, 0.1) is 5.82 Å². The monoisotopic (exact) mass is 264 g/mol. The fourth-order valence-electron chi connectivity index (χ4n) is 1.21. The summed E-state index contributed by atoms with van der Waals surface area (Å²) in [5.41, 5.74) is 1.88. The second-order valence-electron chi connectivity index (χ2n) is 2.89. The van der Waals surface area contributed by atoms with Gasteiger partial charge in [-0.2, -0.15) is 0 Å². The maximum Gasteiger partial charge on any atom is 0.123 e. The minimum absolute atomic E-state index is 0.192. The van der Waals surface area contributed by atoms with E-state index in [-0.39, 0.29) is 5.82 Å². The Morgan fingerprint density at radius 2 is 1.92 bits per heavy atom. The van der Waals surface area contributed by atoms with Crippen molar-refractivity contribution in [3.63, 3.8) is 0 Å². The molecule has 0 aliphatic rings. The van der Waals surface area contributed by atoms with Crippen LogP contribution in [0.3, 0.4) is 0 Å². The van der Waals surface area contributed by atoms with Crippen molar-refractivity contribution < 1.29 is 4.39 Å². The van der Waals surface area contributed by atoms with Gasteiger partial charge in [-0.25, -0.2) is 4.39 Å². The van der Waals surface area contributed by atoms with Crippen LogP contribution in [0.2, 0.25) is 0 Å². The quantitative estimate of drug-likeness (QED) is 0.725. The molecule has 0 nitrogen and oxygen atoms in total. The number of halogens is 3. The van der Waals surface area contributed by atoms with Crippen molar-refractivity contribution in [3.05, 3.63) is 35.1 Å². The number of benzene rings is 1. The lowest BCUT2D eigenvalue weighted by molar-refractivity contribution is 0.623. The molecule has 1 aromatic carbocycles. The minimum atomic E-state index is -0.192. The summed E-state index contributed by atoms with van der Waals surface area (Å²) in [5, 5.41) is 0.944. The Labute approximate surface area is 91.2 Å². The fraction of sp³-hybridized carbons (Fsp3) is 0.400. The van der Waals surface area contributed by atoms with Crippen molar-refractivity contribution in [1.29, 1.82) is 0 Å². The van der Waals surface area contributed by atoms with Crippen molar-refractivity contribution in [2.24, 2.45) is 0 Å². The summed E-state index contributed by atoms with van der Waals surface area (Å²) >= 11 is 8.97. The highest BCUT2D eigenvalue weighted by atomic mass is 79.9. The van der Waals surface area contributed by atoms with E-state index in [2.05, 4.69) is 15.9 Å². The van der Waals surface area contributed by atoms with Gasteiger partial charge in [0.2, 0.25) is 0 Å². The third-order valence-electron chi connectivity index (χ3n) is 1.77. The normalized spacial score (nSPS) is 10.4. The molecule has 0 bridgehead atoms. The van der Waals surface area contributed by atoms with E-state index in [4.69, 9.17) is 11.6 Å². The topological polar surface area (TPSA) is 0 Å². The standard InChI is InChI=1S/C10H11BrClF/c11-3-1-2-8-4-9(7-12)6-10(13)5-8/h4-6H,1-3,7H2. The first-order chi connectivity index (χ1) is 6.26. The Morgan fingerprint density at radius 1 is 1.23 bits per heavy atom. The molecular formula is C10H11BrClF. The molecule has 72 valence electrons. The first-order valence-electron chi connectivity index (χ1n) is 4.16. The van der Waals surface area contributed by atoms with Gasteiger partial charge in [0, 0.05) is 11.2 Å². The molecule has 0 atom stereocenters. The molecule has 0 aliphatic heterocycles. The summed E-state index contributed by atoms with van der Waals surface area (Å²) in [6.07, 6.45) is 1.91. The molecule has 0 saturated carbocycles. The molecule has 0 heterocycles. The van der Waals surface area contributed by atoms with Gasteiger partial charge in [0.15, 0.2) is 0 Å². The van der Waals surface area contributed by atoms with E-state index in [1.165, 1.54) is 6.07 Å². The molecule has 0 radical (unpaired) electrons. The molecule has 0 fully saturated rings. The highest BCUT2D eigenvalue weighted by Crippen LogP contribution is 2.13. The van der Waals surface area contributed by atoms with Gasteiger partial charge >= 0.3 is 0 Å². The number of aryl methyl sites for hydroxylation is 1. The highest BCUT2D eigenvalue weighted by Gasteiger charge is 1.99. The van der Waals surface area contributed by atoms with Crippen LogP contribution >= 0.6 is 27.5 Å². The van der Waals surface area contributed by atoms with Crippen LogP contribution in [-0.2, 0) is 12.3 Å². The maximum absolute atomic E-state index is 13.0. The van der Waals surface area contributed by atoms with Crippen molar-refractivity contribution >= 4 is 27.5 Å². The zero-order valence-corrected chi connectivity index (χ0v) is 9.54. The summed E-state index contributed by atoms with van der Waals surface area (Å²) < 4.78 is 13.0. The molecule has 0 aliphatic carbocycles. The lowest BCUT2D eigenvalue weighted by atomic mass is 10.1. The molecule has 0 N–H and O–H groups in total. The Bertz CT molecular complexity index is 276. The fourth-order valence-corrected chi connectivity index (χ4v) is 1.64. The largest absolute Gasteiger partial charge is 0.207 e. The zero-order valence-electron chi connectivity index (χ0n) is 7.19. The van der Waals surface area contributed by atoms with Gasteiger partial charge in [-0.3, -0.25) is 0 Å². The summed E-state index contributed by atoms with van der Waals surface area (Å²) in [5.74, 6) is 0.182. The number of hydrogen-bond donors (Lipinski definition) is 0. The number of alkyl halides is 2. The van der Waals surface area contributed by atoms with Crippen LogP contribution in [-0.4, -0.2) is 5.33 Å². The van der Waals surface area contributed by atoms with Crippen molar-refractivity contribution in [1.82, 2.24) is 0 Å². The van der Waals surface area contributed by atoms with Crippen LogP contribution < -0.4 is 0 Å². The average Bonchev–Trinajstić information content (AvgIpc) is 2.14. The lowest BCUT2D eigenvalue weighted by Crippen LogP contribution is -1.90. The van der Waals surface area contributed by atoms with Crippen molar-refractivity contribution in [2.75, 3.05) is 5.33 Å². The van der Waals surface area contributed by atoms with Crippen LogP contribution in [0.25, 0.3) is 0 Å². The van der Waals surface area contributed by atoms with Crippen LogP contribution in [0.15, 0.2) is 18.2 Å². The van der Waals surface area contributed by atoms with Gasteiger partial charge < -0.3 is 0 Å². The lowest BCUT2D eigenvalue weighted by Gasteiger charge is -2.02. The first-order valence-corrected chi connectivity index (χ1v) is 5.82. The molecule has 0 amide bonds. The number of rotatable bonds is 4. The van der Waals surface area contributed by atoms with Gasteiger partial charge in [-0.1, -0.05) is 22.0 Å². The van der Waals surface area contributed by atoms with Gasteiger partial charge in [0.05, 0.1) is 0 Å². The molecule has 1 rings (SSSR count). The van der Waals surface area contributed by atoms with E-state index in [1.807, 2.05) is 6.07 Å². The van der Waals surface area contributed by atoms with Gasteiger partial charge in [0.1, 0.15) is 5.82 Å². The van der Waals surface area contributed by atoms with E-state index in [0.717, 1.165) is 29.3 Å². The predicted molar refractivity (Wildman–Crippen MR) is 58.1 cm³/mol. The van der Waals surface area contributed by atoms with E-state index in [9.17, 15) is 4.39 Å². The third kappa shape index (κ3) is 3.65. The molecule has 13 heavy (non-hydrogen) atoms. The highest BCUT2D eigenvalue weighted by molar-refractivity contribution is 9.09. The zero-order chi connectivity index (χ0) is 9.68. The van der Waals surface area contributed by atoms with Crippen molar-refractivity contribution in [2.45, 2.75) is 18.7 Å². The Morgan fingerprint density at radius 3 is 2.54 bits per heavy atom. The molecule has 0 aromatic heterocycles. The van der Waals surface area contributed by atoms with Gasteiger partial charge in [0.25, 0.3) is 0 Å². The molecule has 0 saturated heterocycles. The summed E-state index contributed by atoms with van der Waals surface area (Å²) in [4.78, 5) is 0. The van der Waals surface area contributed by atoms with Gasteiger partial charge in [-0.05, 0) is 36.1 Å². The average molecular weight is 266 g/mol. The summed E-state index contributed by atoms with van der Waals surface area (Å²) in [7, 11) is 0. The van der Waals surface area contributed by atoms with Crippen molar-refractivity contribution in [3.8, 4) is 0 Å². The van der Waals surface area contributed by atoms with E-state index < -0.39 is 0 Å². The third-order valence-corrected chi connectivity index (χ3v) is 2.64. The number of hydrogen-bond acceptors (Lipinski definition) is 0. The Hall–Kier alpha value is -0.0800. The van der Waals surface area contributed by atoms with Crippen LogP contribution in [0.5, 0.6) is 0 Å². The smallest absolute Gasteiger partial charge is 0.123 e. The van der Waals surface area contributed by atoms with E-state index >= 15 is 0 Å². The second-order valence-corrected chi connectivity index (χ2v) is 3.95. The van der Waals surface area contributed by atoms with Crippen LogP contribution in [0.4, 0.5) is 4.39 Å². The van der Waals surface area contributed by atoms with Crippen LogP contribution in [0.1, 0.15) is 17.5 Å². The summed E-state index contributed by atoms with van der Waals surface area (Å²) in [6, 6.07) is 5.00. The van der Waals surface area contributed by atoms with Gasteiger partial charge in [-0.15, -0.1) is 11.6 Å². The van der Waals surface area contributed by atoms with E-state index in [1.54, 1.807) is 6.07 Å². The summed E-state index contributed by atoms with van der Waals surface area (Å²) in [6.45, 7) is 0. The molecule has 3 heteroatoms. The molecule has 0 unspecified atom stereocenters. The van der Waals surface area contributed by atoms with E-state index in [0.29, 0.717) is 5.88 Å².